The zero-order valence-corrected chi connectivity index (χ0v) is 21.2. The molecule has 3 aromatic rings. The molecule has 0 heterocycles. The van der Waals surface area contributed by atoms with Crippen molar-refractivity contribution in [3.63, 3.8) is 0 Å². The third kappa shape index (κ3) is 4.97. The van der Waals surface area contributed by atoms with Crippen molar-refractivity contribution in [2.45, 2.75) is 58.3 Å². The fourth-order valence-electron chi connectivity index (χ4n) is 6.80. The molecule has 3 aromatic carbocycles. The van der Waals surface area contributed by atoms with Crippen LogP contribution in [-0.4, -0.2) is 6.16 Å². The summed E-state index contributed by atoms with van der Waals surface area (Å²) >= 11 is 0. The lowest BCUT2D eigenvalue weighted by Crippen LogP contribution is -2.36. The average Bonchev–Trinajstić information content (AvgIpc) is 2.90. The van der Waals surface area contributed by atoms with E-state index in [1.54, 1.807) is 15.9 Å². The fourth-order valence-corrected chi connectivity index (χ4v) is 11.5. The summed E-state index contributed by atoms with van der Waals surface area (Å²) < 4.78 is 0. The Hall–Kier alpha value is -1.91. The Labute approximate surface area is 202 Å². The summed E-state index contributed by atoms with van der Waals surface area (Å²) in [6.45, 7) is 2.45. The maximum atomic E-state index is 2.45. The highest BCUT2D eigenvalue weighted by atomic mass is 31.2. The van der Waals surface area contributed by atoms with Gasteiger partial charge in [-0.05, 0) is 98.6 Å². The monoisotopic (exact) mass is 455 g/mol. The van der Waals surface area contributed by atoms with Crippen LogP contribution in [0.25, 0.3) is 0 Å². The third-order valence-electron chi connectivity index (χ3n) is 8.74. The molecule has 0 amide bonds. The first kappa shape index (κ1) is 22.9. The van der Waals surface area contributed by atoms with E-state index in [0.29, 0.717) is 0 Å². The van der Waals surface area contributed by atoms with E-state index >= 15 is 0 Å². The second kappa shape index (κ2) is 10.6. The molecule has 1 heteroatoms. The van der Waals surface area contributed by atoms with Crippen molar-refractivity contribution in [1.29, 1.82) is 0 Å². The summed E-state index contributed by atoms with van der Waals surface area (Å²) in [6.07, 6.45) is 13.0. The summed E-state index contributed by atoms with van der Waals surface area (Å²) in [6, 6.07) is 34.4. The van der Waals surface area contributed by atoms with Crippen molar-refractivity contribution in [1.82, 2.24) is 0 Å². The Morgan fingerprint density at radius 3 is 1.27 bits per heavy atom. The van der Waals surface area contributed by atoms with E-state index in [9.17, 15) is 0 Å². The second-order valence-corrected chi connectivity index (χ2v) is 14.3. The van der Waals surface area contributed by atoms with Crippen LogP contribution in [0.4, 0.5) is 0 Å². The van der Waals surface area contributed by atoms with E-state index in [1.807, 2.05) is 0 Å². The normalized spacial score (nSPS) is 26.1. The summed E-state index contributed by atoms with van der Waals surface area (Å²) in [5.41, 5.74) is 0. The molecule has 172 valence electrons. The highest BCUT2D eigenvalue weighted by Crippen LogP contribution is 2.58. The van der Waals surface area contributed by atoms with Gasteiger partial charge in [-0.1, -0.05) is 74.4 Å². The van der Waals surface area contributed by atoms with Gasteiger partial charge in [0.2, 0.25) is 0 Å². The summed E-state index contributed by atoms with van der Waals surface area (Å²) in [7, 11) is -1.68. The van der Waals surface area contributed by atoms with E-state index in [1.165, 1.54) is 57.5 Å². The molecule has 5 rings (SSSR count). The van der Waals surface area contributed by atoms with Gasteiger partial charge in [0.25, 0.3) is 0 Å². The van der Waals surface area contributed by atoms with Crippen molar-refractivity contribution in [2.24, 2.45) is 23.7 Å². The van der Waals surface area contributed by atoms with Gasteiger partial charge in [-0.15, -0.1) is 0 Å². The lowest BCUT2D eigenvalue weighted by atomic mass is 9.70. The quantitative estimate of drug-likeness (QED) is 0.336. The van der Waals surface area contributed by atoms with Gasteiger partial charge in [-0.2, -0.15) is 0 Å². The number of hydrogen-bond acceptors (Lipinski definition) is 0. The van der Waals surface area contributed by atoms with Crippen molar-refractivity contribution in [3.05, 3.63) is 91.0 Å². The number of hydrogen-bond donors (Lipinski definition) is 0. The van der Waals surface area contributed by atoms with Gasteiger partial charge >= 0.3 is 0 Å². The van der Waals surface area contributed by atoms with Gasteiger partial charge in [0.1, 0.15) is 23.2 Å². The molecule has 0 aromatic heterocycles. The molecule has 2 fully saturated rings. The molecule has 0 N–H and O–H groups in total. The predicted octanol–water partition coefficient (Wildman–Crippen LogP) is 7.61. The minimum atomic E-state index is -1.68. The lowest BCUT2D eigenvalue weighted by Gasteiger charge is -2.38. The van der Waals surface area contributed by atoms with Crippen molar-refractivity contribution in [2.75, 3.05) is 6.16 Å². The molecular formula is C32H40P+. The smallest absolute Gasteiger partial charge is 0.0625 e. The third-order valence-corrected chi connectivity index (χ3v) is 13.3. The molecule has 2 aliphatic rings. The van der Waals surface area contributed by atoms with E-state index in [4.69, 9.17) is 0 Å². The van der Waals surface area contributed by atoms with Crippen LogP contribution in [0, 0.1) is 23.7 Å². The summed E-state index contributed by atoms with van der Waals surface area (Å²) in [5.74, 6) is 3.80. The number of benzene rings is 3. The van der Waals surface area contributed by atoms with Gasteiger partial charge in [0.05, 0.1) is 6.16 Å². The van der Waals surface area contributed by atoms with Crippen molar-refractivity contribution < 1.29 is 0 Å². The Morgan fingerprint density at radius 2 is 0.879 bits per heavy atom. The van der Waals surface area contributed by atoms with Crippen LogP contribution in [0.3, 0.4) is 0 Å². The molecule has 0 bridgehead atoms. The number of rotatable bonds is 6. The standard InChI is InChI=1S/C32H40P/c1-26-17-21-28(22-18-26)29-23-19-27(20-24-29)25-33(30-11-5-2-6-12-30,31-13-7-3-8-14-31)32-15-9-4-10-16-32/h2-16,26-29H,17-25H2,1H3/q+1. The van der Waals surface area contributed by atoms with Crippen molar-refractivity contribution in [3.8, 4) is 0 Å². The molecule has 0 saturated heterocycles. The van der Waals surface area contributed by atoms with Gasteiger partial charge in [-0.3, -0.25) is 0 Å². The first-order chi connectivity index (χ1) is 16.3. The SMILES string of the molecule is CC1CCC(C2CCC(C[P+](c3ccccc3)(c3ccccc3)c3ccccc3)CC2)CC1. The molecule has 0 atom stereocenters. The summed E-state index contributed by atoms with van der Waals surface area (Å²) in [5, 5.41) is 4.64. The van der Waals surface area contributed by atoms with E-state index < -0.39 is 7.26 Å². The Balaban J connectivity index is 1.44. The molecule has 33 heavy (non-hydrogen) atoms. The van der Waals surface area contributed by atoms with Gasteiger partial charge < -0.3 is 0 Å². The van der Waals surface area contributed by atoms with Crippen LogP contribution >= 0.6 is 7.26 Å². The molecular weight excluding hydrogens is 415 g/mol. The Morgan fingerprint density at radius 1 is 0.515 bits per heavy atom. The zero-order valence-electron chi connectivity index (χ0n) is 20.3. The fraction of sp³-hybridized carbons (Fsp3) is 0.438. The van der Waals surface area contributed by atoms with Gasteiger partial charge in [-0.25, -0.2) is 0 Å². The van der Waals surface area contributed by atoms with Crippen LogP contribution in [-0.2, 0) is 0 Å². The Kier molecular flexibility index (Phi) is 7.32. The predicted molar refractivity (Wildman–Crippen MR) is 147 cm³/mol. The van der Waals surface area contributed by atoms with Gasteiger partial charge in [0, 0.05) is 0 Å². The highest BCUT2D eigenvalue weighted by Gasteiger charge is 2.47. The first-order valence-electron chi connectivity index (χ1n) is 13.3. The van der Waals surface area contributed by atoms with Crippen LogP contribution in [0.5, 0.6) is 0 Å². The first-order valence-corrected chi connectivity index (χ1v) is 15.3. The Bertz CT molecular complexity index is 868. The van der Waals surface area contributed by atoms with Gasteiger partial charge in [0.15, 0.2) is 0 Å². The minimum Gasteiger partial charge on any atom is -0.0625 e. The maximum absolute atomic E-state index is 2.45. The van der Waals surface area contributed by atoms with Crippen LogP contribution in [0.1, 0.15) is 58.3 Å². The molecule has 0 unspecified atom stereocenters. The zero-order chi connectivity index (χ0) is 22.5. The van der Waals surface area contributed by atoms with E-state index in [2.05, 4.69) is 97.9 Å². The molecule has 0 radical (unpaired) electrons. The molecule has 2 aliphatic carbocycles. The molecule has 0 aliphatic heterocycles. The largest absolute Gasteiger partial charge is 0.112 e. The van der Waals surface area contributed by atoms with Crippen molar-refractivity contribution >= 4 is 23.2 Å². The summed E-state index contributed by atoms with van der Waals surface area (Å²) in [4.78, 5) is 0. The van der Waals surface area contributed by atoms with E-state index in [-0.39, 0.29) is 0 Å². The maximum Gasteiger partial charge on any atom is 0.112 e. The molecule has 2 saturated carbocycles. The van der Waals surface area contributed by atoms with Crippen LogP contribution in [0.2, 0.25) is 0 Å². The minimum absolute atomic E-state index is 0.831. The topological polar surface area (TPSA) is 0 Å². The van der Waals surface area contributed by atoms with E-state index in [0.717, 1.165) is 23.7 Å². The molecule has 0 nitrogen and oxygen atoms in total. The van der Waals surface area contributed by atoms with Crippen LogP contribution in [0.15, 0.2) is 91.0 Å². The highest BCUT2D eigenvalue weighted by molar-refractivity contribution is 7.95. The van der Waals surface area contributed by atoms with Crippen LogP contribution < -0.4 is 15.9 Å². The average molecular weight is 456 g/mol. The second-order valence-electron chi connectivity index (χ2n) is 10.8. The molecule has 0 spiro atoms. The lowest BCUT2D eigenvalue weighted by molar-refractivity contribution is 0.155.